The summed E-state index contributed by atoms with van der Waals surface area (Å²) in [7, 11) is 3.17. The highest BCUT2D eigenvalue weighted by molar-refractivity contribution is 7.99. The lowest BCUT2D eigenvalue weighted by Gasteiger charge is -2.08. The Morgan fingerprint density at radius 2 is 2.18 bits per heavy atom. The fourth-order valence-electron chi connectivity index (χ4n) is 1.64. The standard InChI is InChI=1S/C14H16ClN3O3S/c1-9-4-5-10(15)11(6-9)21-7-12-16-17-14(18(12)2)22-8-13(19)20-3/h4-6H,7-8H2,1-3H3. The van der Waals surface area contributed by atoms with Crippen molar-refractivity contribution in [1.29, 1.82) is 0 Å². The Kier molecular flexibility index (Phi) is 5.68. The average molecular weight is 342 g/mol. The van der Waals surface area contributed by atoms with Crippen LogP contribution in [0.5, 0.6) is 5.75 Å². The monoisotopic (exact) mass is 341 g/mol. The van der Waals surface area contributed by atoms with Gasteiger partial charge in [0.25, 0.3) is 0 Å². The molecule has 6 nitrogen and oxygen atoms in total. The van der Waals surface area contributed by atoms with Gasteiger partial charge in [-0.05, 0) is 24.6 Å². The van der Waals surface area contributed by atoms with Crippen molar-refractivity contribution in [3.63, 3.8) is 0 Å². The molecule has 0 saturated carbocycles. The number of thioether (sulfide) groups is 1. The Morgan fingerprint density at radius 3 is 2.91 bits per heavy atom. The first-order valence-electron chi connectivity index (χ1n) is 6.48. The minimum atomic E-state index is -0.308. The number of methoxy groups -OCH3 is 1. The lowest BCUT2D eigenvalue weighted by molar-refractivity contribution is -0.137. The molecule has 0 radical (unpaired) electrons. The second-order valence-corrected chi connectivity index (χ2v) is 5.89. The van der Waals surface area contributed by atoms with Gasteiger partial charge in [-0.3, -0.25) is 4.79 Å². The van der Waals surface area contributed by atoms with E-state index in [4.69, 9.17) is 16.3 Å². The molecule has 1 aromatic heterocycles. The number of nitrogens with zero attached hydrogens (tertiary/aromatic N) is 3. The number of halogens is 1. The van der Waals surface area contributed by atoms with Crippen LogP contribution < -0.4 is 4.74 Å². The third-order valence-corrected chi connectivity index (χ3v) is 4.22. The van der Waals surface area contributed by atoms with E-state index >= 15 is 0 Å². The Bertz CT molecular complexity index is 675. The van der Waals surface area contributed by atoms with Gasteiger partial charge < -0.3 is 14.0 Å². The van der Waals surface area contributed by atoms with Crippen LogP contribution in [-0.2, 0) is 23.2 Å². The molecule has 0 aliphatic rings. The minimum Gasteiger partial charge on any atom is -0.484 e. The molecular formula is C14H16ClN3O3S. The van der Waals surface area contributed by atoms with Gasteiger partial charge in [-0.2, -0.15) is 0 Å². The van der Waals surface area contributed by atoms with Crippen molar-refractivity contribution in [1.82, 2.24) is 14.8 Å². The second kappa shape index (κ2) is 7.51. The van der Waals surface area contributed by atoms with Crippen molar-refractivity contribution in [2.24, 2.45) is 7.05 Å². The van der Waals surface area contributed by atoms with Crippen LogP contribution in [0, 0.1) is 6.92 Å². The molecule has 0 amide bonds. The molecule has 0 fully saturated rings. The fraction of sp³-hybridized carbons (Fsp3) is 0.357. The van der Waals surface area contributed by atoms with Gasteiger partial charge in [0.2, 0.25) is 0 Å². The molecule has 0 aliphatic heterocycles. The van der Waals surface area contributed by atoms with Crippen molar-refractivity contribution in [3.8, 4) is 5.75 Å². The topological polar surface area (TPSA) is 66.2 Å². The summed E-state index contributed by atoms with van der Waals surface area (Å²) in [5.74, 6) is 1.13. The van der Waals surface area contributed by atoms with Gasteiger partial charge in [0.1, 0.15) is 12.4 Å². The van der Waals surface area contributed by atoms with Gasteiger partial charge in [0.15, 0.2) is 11.0 Å². The maximum atomic E-state index is 11.1. The van der Waals surface area contributed by atoms with Crippen molar-refractivity contribution in [2.75, 3.05) is 12.9 Å². The normalized spacial score (nSPS) is 10.5. The molecule has 0 atom stereocenters. The number of ether oxygens (including phenoxy) is 2. The van der Waals surface area contributed by atoms with Crippen molar-refractivity contribution < 1.29 is 14.3 Å². The summed E-state index contributed by atoms with van der Waals surface area (Å²) in [5.41, 5.74) is 1.06. The van der Waals surface area contributed by atoms with Crippen LogP contribution in [-0.4, -0.2) is 33.6 Å². The van der Waals surface area contributed by atoms with Crippen LogP contribution in [0.2, 0.25) is 5.02 Å². The molecular weight excluding hydrogens is 326 g/mol. The smallest absolute Gasteiger partial charge is 0.316 e. The van der Waals surface area contributed by atoms with Gasteiger partial charge in [-0.15, -0.1) is 10.2 Å². The van der Waals surface area contributed by atoms with Crippen molar-refractivity contribution in [2.45, 2.75) is 18.7 Å². The molecule has 0 unspecified atom stereocenters. The highest BCUT2D eigenvalue weighted by Gasteiger charge is 2.12. The van der Waals surface area contributed by atoms with Gasteiger partial charge in [-0.1, -0.05) is 29.4 Å². The highest BCUT2D eigenvalue weighted by Crippen LogP contribution is 2.26. The Labute approximate surface area is 137 Å². The van der Waals surface area contributed by atoms with Gasteiger partial charge in [0, 0.05) is 7.05 Å². The van der Waals surface area contributed by atoms with E-state index in [0.717, 1.165) is 5.56 Å². The van der Waals surface area contributed by atoms with Gasteiger partial charge in [0.05, 0.1) is 17.9 Å². The van der Waals surface area contributed by atoms with E-state index in [1.165, 1.54) is 18.9 Å². The van der Waals surface area contributed by atoms with E-state index in [1.54, 1.807) is 10.6 Å². The minimum absolute atomic E-state index is 0.188. The van der Waals surface area contributed by atoms with Crippen LogP contribution in [0.25, 0.3) is 0 Å². The third kappa shape index (κ3) is 4.14. The summed E-state index contributed by atoms with van der Waals surface area (Å²) in [5, 5.41) is 9.26. The summed E-state index contributed by atoms with van der Waals surface area (Å²) in [6, 6.07) is 5.57. The molecule has 1 heterocycles. The van der Waals surface area contributed by atoms with E-state index in [0.29, 0.717) is 21.8 Å². The Balaban J connectivity index is 2.00. The molecule has 2 aromatic rings. The third-order valence-electron chi connectivity index (χ3n) is 2.92. The summed E-state index contributed by atoms with van der Waals surface area (Å²) in [4.78, 5) is 11.1. The number of hydrogen-bond acceptors (Lipinski definition) is 6. The average Bonchev–Trinajstić information content (AvgIpc) is 2.86. The summed E-state index contributed by atoms with van der Waals surface area (Å²) >= 11 is 7.35. The van der Waals surface area contributed by atoms with Crippen molar-refractivity contribution >= 4 is 29.3 Å². The summed E-state index contributed by atoms with van der Waals surface area (Å²) < 4.78 is 12.1. The highest BCUT2D eigenvalue weighted by atomic mass is 35.5. The van der Waals surface area contributed by atoms with Crippen LogP contribution in [0.15, 0.2) is 23.4 Å². The Morgan fingerprint density at radius 1 is 1.41 bits per heavy atom. The van der Waals surface area contributed by atoms with Gasteiger partial charge in [-0.25, -0.2) is 0 Å². The lowest BCUT2D eigenvalue weighted by atomic mass is 10.2. The summed E-state index contributed by atoms with van der Waals surface area (Å²) in [6.45, 7) is 2.21. The SMILES string of the molecule is COC(=O)CSc1nnc(COc2cc(C)ccc2Cl)n1C. The lowest BCUT2D eigenvalue weighted by Crippen LogP contribution is -2.06. The number of hydrogen-bond donors (Lipinski definition) is 0. The predicted molar refractivity (Wildman–Crippen MR) is 84.3 cm³/mol. The van der Waals surface area contributed by atoms with E-state index in [2.05, 4.69) is 14.9 Å². The summed E-state index contributed by atoms with van der Waals surface area (Å²) in [6.07, 6.45) is 0. The van der Waals surface area contributed by atoms with E-state index in [9.17, 15) is 4.79 Å². The van der Waals surface area contributed by atoms with E-state index in [-0.39, 0.29) is 18.3 Å². The second-order valence-electron chi connectivity index (χ2n) is 4.55. The van der Waals surface area contributed by atoms with Crippen LogP contribution in [0.3, 0.4) is 0 Å². The molecule has 0 spiro atoms. The molecule has 0 aliphatic carbocycles. The first-order valence-corrected chi connectivity index (χ1v) is 7.84. The number of aromatic nitrogens is 3. The van der Waals surface area contributed by atoms with Gasteiger partial charge >= 0.3 is 5.97 Å². The number of benzene rings is 1. The molecule has 22 heavy (non-hydrogen) atoms. The zero-order chi connectivity index (χ0) is 16.1. The zero-order valence-electron chi connectivity index (χ0n) is 12.5. The van der Waals surface area contributed by atoms with Crippen LogP contribution in [0.4, 0.5) is 0 Å². The first-order chi connectivity index (χ1) is 10.5. The molecule has 118 valence electrons. The first kappa shape index (κ1) is 16.6. The number of aryl methyl sites for hydroxylation is 1. The van der Waals surface area contributed by atoms with Crippen molar-refractivity contribution in [3.05, 3.63) is 34.6 Å². The zero-order valence-corrected chi connectivity index (χ0v) is 14.1. The molecule has 1 aromatic carbocycles. The maximum Gasteiger partial charge on any atom is 0.316 e. The number of carbonyl (C=O) groups excluding carboxylic acids is 1. The molecule has 2 rings (SSSR count). The number of esters is 1. The fourth-order valence-corrected chi connectivity index (χ4v) is 2.58. The predicted octanol–water partition coefficient (Wildman–Crippen LogP) is 2.62. The Hall–Kier alpha value is -1.73. The van der Waals surface area contributed by atoms with E-state index in [1.807, 2.05) is 26.1 Å². The molecule has 0 N–H and O–H groups in total. The molecule has 0 bridgehead atoms. The number of carbonyl (C=O) groups is 1. The van der Waals surface area contributed by atoms with Crippen LogP contribution >= 0.6 is 23.4 Å². The van der Waals surface area contributed by atoms with Crippen LogP contribution in [0.1, 0.15) is 11.4 Å². The largest absolute Gasteiger partial charge is 0.484 e. The van der Waals surface area contributed by atoms with E-state index < -0.39 is 0 Å². The number of rotatable bonds is 6. The molecule has 0 saturated heterocycles. The maximum absolute atomic E-state index is 11.1. The quantitative estimate of drug-likeness (QED) is 0.594. The molecule has 8 heteroatoms.